The predicted octanol–water partition coefficient (Wildman–Crippen LogP) is 7.78. The SMILES string of the molecule is O=C(O)Nc1c2c(NC3CCC(C(F)(F)F)CC3)nc(C(F)(F)F)nc2nn1-c1c(Cl)cc(C(F)(F)F)cc1Cl. The third-order valence-electron chi connectivity index (χ3n) is 6.10. The summed E-state index contributed by atoms with van der Waals surface area (Å²) >= 11 is 12.0. The first-order valence-electron chi connectivity index (χ1n) is 11.1. The van der Waals surface area contributed by atoms with Crippen molar-refractivity contribution in [2.75, 3.05) is 10.6 Å². The van der Waals surface area contributed by atoms with Crippen LogP contribution >= 0.6 is 23.2 Å². The molecule has 40 heavy (non-hydrogen) atoms. The van der Waals surface area contributed by atoms with Crippen LogP contribution in [0.25, 0.3) is 16.7 Å². The molecular weight excluding hydrogens is 610 g/mol. The highest BCUT2D eigenvalue weighted by Gasteiger charge is 2.42. The lowest BCUT2D eigenvalue weighted by atomic mass is 9.85. The fraction of sp³-hybridized carbons (Fsp3) is 0.429. The Balaban J connectivity index is 1.89. The highest BCUT2D eigenvalue weighted by Crippen LogP contribution is 2.42. The number of benzene rings is 1. The van der Waals surface area contributed by atoms with E-state index in [9.17, 15) is 49.4 Å². The molecule has 3 N–H and O–H groups in total. The lowest BCUT2D eigenvalue weighted by molar-refractivity contribution is -0.182. The normalized spacial score (nSPS) is 18.7. The second-order valence-electron chi connectivity index (χ2n) is 8.80. The Morgan fingerprint density at radius 1 is 0.925 bits per heavy atom. The molecule has 2 heterocycles. The summed E-state index contributed by atoms with van der Waals surface area (Å²) in [5.41, 5.74) is -2.56. The summed E-state index contributed by atoms with van der Waals surface area (Å²) in [7, 11) is 0. The van der Waals surface area contributed by atoms with Gasteiger partial charge in [-0.15, -0.1) is 5.10 Å². The first-order valence-corrected chi connectivity index (χ1v) is 11.9. The molecule has 8 nitrogen and oxygen atoms in total. The quantitative estimate of drug-likeness (QED) is 0.256. The monoisotopic (exact) mass is 624 g/mol. The molecule has 1 aliphatic rings. The van der Waals surface area contributed by atoms with E-state index in [-0.39, 0.29) is 25.7 Å². The molecule has 4 rings (SSSR count). The molecule has 0 saturated heterocycles. The minimum atomic E-state index is -5.13. The highest BCUT2D eigenvalue weighted by molar-refractivity contribution is 6.38. The number of nitrogens with zero attached hydrogens (tertiary/aromatic N) is 4. The van der Waals surface area contributed by atoms with E-state index in [1.165, 1.54) is 0 Å². The Bertz CT molecular complexity index is 1420. The number of aromatic nitrogens is 4. The Morgan fingerprint density at radius 3 is 1.98 bits per heavy atom. The molecule has 1 fully saturated rings. The van der Waals surface area contributed by atoms with E-state index in [1.54, 1.807) is 0 Å². The van der Waals surface area contributed by atoms with Crippen molar-refractivity contribution in [2.45, 2.75) is 50.3 Å². The Hall–Kier alpha value is -3.21. The average Bonchev–Trinajstić information content (AvgIpc) is 3.14. The van der Waals surface area contributed by atoms with Crippen LogP contribution in [-0.4, -0.2) is 43.2 Å². The fourth-order valence-electron chi connectivity index (χ4n) is 4.29. The number of carbonyl (C=O) groups is 1. The first-order chi connectivity index (χ1) is 18.4. The molecule has 0 radical (unpaired) electrons. The van der Waals surface area contributed by atoms with Gasteiger partial charge in [0, 0.05) is 6.04 Å². The number of anilines is 2. The van der Waals surface area contributed by atoms with E-state index < -0.39 is 86.4 Å². The van der Waals surface area contributed by atoms with E-state index in [1.807, 2.05) is 5.32 Å². The van der Waals surface area contributed by atoms with Gasteiger partial charge in [-0.05, 0) is 37.8 Å². The molecule has 1 amide bonds. The lowest BCUT2D eigenvalue weighted by Gasteiger charge is -2.30. The smallest absolute Gasteiger partial charge is 0.451 e. The number of nitrogens with one attached hydrogen (secondary N) is 2. The van der Waals surface area contributed by atoms with Gasteiger partial charge in [-0.2, -0.15) is 39.5 Å². The summed E-state index contributed by atoms with van der Waals surface area (Å²) in [5, 5.41) is 15.9. The van der Waals surface area contributed by atoms with Gasteiger partial charge >= 0.3 is 24.6 Å². The van der Waals surface area contributed by atoms with Gasteiger partial charge in [-0.3, -0.25) is 5.32 Å². The Kier molecular flexibility index (Phi) is 7.68. The number of halogens is 11. The van der Waals surface area contributed by atoms with Gasteiger partial charge in [0.15, 0.2) is 11.5 Å². The van der Waals surface area contributed by atoms with Crippen LogP contribution in [0.5, 0.6) is 0 Å². The third-order valence-corrected chi connectivity index (χ3v) is 6.68. The predicted molar refractivity (Wildman–Crippen MR) is 124 cm³/mol. The number of fused-ring (bicyclic) bond motifs is 1. The summed E-state index contributed by atoms with van der Waals surface area (Å²) in [5.74, 6) is -4.58. The van der Waals surface area contributed by atoms with Crippen molar-refractivity contribution in [3.05, 3.63) is 33.6 Å². The van der Waals surface area contributed by atoms with Crippen LogP contribution in [-0.2, 0) is 12.4 Å². The molecule has 1 aliphatic carbocycles. The van der Waals surface area contributed by atoms with E-state index in [0.717, 1.165) is 0 Å². The van der Waals surface area contributed by atoms with Gasteiger partial charge in [0.25, 0.3) is 0 Å². The van der Waals surface area contributed by atoms with Gasteiger partial charge < -0.3 is 10.4 Å². The minimum Gasteiger partial charge on any atom is -0.465 e. The van der Waals surface area contributed by atoms with Gasteiger partial charge in [-0.25, -0.2) is 19.4 Å². The molecule has 0 aliphatic heterocycles. The summed E-state index contributed by atoms with van der Waals surface area (Å²) < 4.78 is 120. The van der Waals surface area contributed by atoms with Crippen LogP contribution in [0.2, 0.25) is 10.0 Å². The van der Waals surface area contributed by atoms with Crippen LogP contribution in [0.15, 0.2) is 12.1 Å². The van der Waals surface area contributed by atoms with Gasteiger partial charge in [0.05, 0.1) is 21.5 Å². The third kappa shape index (κ3) is 6.09. The standard InChI is InChI=1S/C21H15Cl2F9N6O2/c22-10-5-8(20(27,28)29)6-11(23)13(10)38-16(36-18(39)40)12-14(34-17(21(30,31)32)35-15(12)37-38)33-9-3-1-7(2-4-9)19(24,25)26/h5-7,9,36H,1-4H2,(H,39,40)(H,33,34,35,37). The van der Waals surface area contributed by atoms with E-state index >= 15 is 0 Å². The molecule has 0 atom stereocenters. The van der Waals surface area contributed by atoms with Crippen molar-refractivity contribution in [2.24, 2.45) is 5.92 Å². The zero-order valence-electron chi connectivity index (χ0n) is 19.4. The lowest BCUT2D eigenvalue weighted by Crippen LogP contribution is -2.33. The van der Waals surface area contributed by atoms with Crippen molar-refractivity contribution in [3.63, 3.8) is 0 Å². The molecule has 0 spiro atoms. The van der Waals surface area contributed by atoms with Crippen LogP contribution in [0, 0.1) is 5.92 Å². The maximum Gasteiger partial charge on any atom is 0.451 e. The minimum absolute atomic E-state index is 0.108. The average molecular weight is 625 g/mol. The largest absolute Gasteiger partial charge is 0.465 e. The van der Waals surface area contributed by atoms with Crippen molar-refractivity contribution in [3.8, 4) is 5.69 Å². The highest BCUT2D eigenvalue weighted by atomic mass is 35.5. The van der Waals surface area contributed by atoms with Crippen molar-refractivity contribution in [1.29, 1.82) is 0 Å². The number of rotatable bonds is 4. The van der Waals surface area contributed by atoms with E-state index in [4.69, 9.17) is 23.2 Å². The topological polar surface area (TPSA) is 105 Å². The van der Waals surface area contributed by atoms with Crippen LogP contribution in [0.3, 0.4) is 0 Å². The molecule has 218 valence electrons. The van der Waals surface area contributed by atoms with Crippen molar-refractivity contribution < 1.29 is 49.4 Å². The Morgan fingerprint density at radius 2 is 1.50 bits per heavy atom. The van der Waals surface area contributed by atoms with Crippen molar-refractivity contribution >= 4 is 52.0 Å². The molecule has 3 aromatic rings. The van der Waals surface area contributed by atoms with Gasteiger partial charge in [-0.1, -0.05) is 23.2 Å². The molecule has 1 saturated carbocycles. The summed E-state index contributed by atoms with van der Waals surface area (Å²) in [6.45, 7) is 0. The van der Waals surface area contributed by atoms with Gasteiger partial charge in [0.1, 0.15) is 16.9 Å². The number of amides is 1. The maximum atomic E-state index is 13.6. The van der Waals surface area contributed by atoms with Gasteiger partial charge in [0.2, 0.25) is 5.82 Å². The molecule has 2 aromatic heterocycles. The second kappa shape index (κ2) is 10.3. The summed E-state index contributed by atoms with van der Waals surface area (Å²) in [6.07, 6.45) is -17.1. The first kappa shape index (κ1) is 29.8. The number of carboxylic acid groups (broad SMARTS) is 1. The Labute approximate surface area is 227 Å². The molecule has 0 unspecified atom stereocenters. The fourth-order valence-corrected chi connectivity index (χ4v) is 4.94. The molecule has 0 bridgehead atoms. The second-order valence-corrected chi connectivity index (χ2v) is 9.62. The molecule has 1 aromatic carbocycles. The van der Waals surface area contributed by atoms with Crippen molar-refractivity contribution in [1.82, 2.24) is 19.7 Å². The number of alkyl halides is 9. The summed E-state index contributed by atoms with van der Waals surface area (Å²) in [6, 6.07) is 0.104. The van der Waals surface area contributed by atoms with E-state index in [0.29, 0.717) is 16.8 Å². The van der Waals surface area contributed by atoms with Crippen LogP contribution in [0.1, 0.15) is 37.1 Å². The van der Waals surface area contributed by atoms with Crippen LogP contribution < -0.4 is 10.6 Å². The zero-order valence-corrected chi connectivity index (χ0v) is 21.0. The number of hydrogen-bond donors (Lipinski definition) is 3. The summed E-state index contributed by atoms with van der Waals surface area (Å²) in [4.78, 5) is 18.3. The zero-order chi connectivity index (χ0) is 29.8. The number of hydrogen-bond acceptors (Lipinski definition) is 5. The molecular formula is C21H15Cl2F9N6O2. The van der Waals surface area contributed by atoms with Crippen LogP contribution in [0.4, 0.5) is 55.9 Å². The maximum absolute atomic E-state index is 13.6. The molecule has 19 heteroatoms. The van der Waals surface area contributed by atoms with E-state index in [2.05, 4.69) is 20.4 Å².